The van der Waals surface area contributed by atoms with Gasteiger partial charge in [-0.3, -0.25) is 4.79 Å². The average molecular weight is 291 g/mol. The molecular weight excluding hydrogens is 275 g/mol. The largest absolute Gasteiger partial charge is 0.395 e. The highest BCUT2D eigenvalue weighted by atomic mass is 19.2. The second kappa shape index (κ2) is 6.71. The topological polar surface area (TPSA) is 69.6 Å². The van der Waals surface area contributed by atoms with Crippen LogP contribution in [0.4, 0.5) is 13.2 Å². The summed E-state index contributed by atoms with van der Waals surface area (Å²) in [5, 5.41) is 20.5. The van der Waals surface area contributed by atoms with Crippen molar-refractivity contribution in [2.45, 2.75) is 13.3 Å². The smallest absolute Gasteiger partial charge is 0.230 e. The van der Waals surface area contributed by atoms with E-state index in [1.165, 1.54) is 6.92 Å². The summed E-state index contributed by atoms with van der Waals surface area (Å²) in [6.45, 7) is 0.350. The second-order valence-electron chi connectivity index (χ2n) is 4.76. The van der Waals surface area contributed by atoms with Gasteiger partial charge in [-0.2, -0.15) is 0 Å². The van der Waals surface area contributed by atoms with Crippen molar-refractivity contribution in [2.24, 2.45) is 5.41 Å². The highest BCUT2D eigenvalue weighted by Gasteiger charge is 2.31. The van der Waals surface area contributed by atoms with Crippen LogP contribution in [0.1, 0.15) is 12.5 Å². The fourth-order valence-electron chi connectivity index (χ4n) is 1.48. The summed E-state index contributed by atoms with van der Waals surface area (Å²) in [5.74, 6) is -4.69. The number of aliphatic hydroxyl groups is 2. The molecule has 0 radical (unpaired) electrons. The molecule has 1 rings (SSSR count). The molecule has 112 valence electrons. The molecule has 0 saturated carbocycles. The van der Waals surface area contributed by atoms with Crippen LogP contribution in [0.5, 0.6) is 0 Å². The molecule has 0 saturated heterocycles. The predicted octanol–water partition coefficient (Wildman–Crippen LogP) is 0.753. The van der Waals surface area contributed by atoms with E-state index in [4.69, 9.17) is 10.2 Å². The first-order chi connectivity index (χ1) is 9.34. The Morgan fingerprint density at radius 3 is 2.15 bits per heavy atom. The maximum atomic E-state index is 13.0. The lowest BCUT2D eigenvalue weighted by Crippen LogP contribution is -2.44. The van der Waals surface area contributed by atoms with Crippen LogP contribution in [0.3, 0.4) is 0 Å². The lowest BCUT2D eigenvalue weighted by molar-refractivity contribution is -0.134. The Morgan fingerprint density at radius 1 is 1.20 bits per heavy atom. The molecule has 0 aliphatic heterocycles. The molecule has 0 aromatic heterocycles. The molecule has 0 unspecified atom stereocenters. The molecule has 1 aromatic rings. The minimum atomic E-state index is -1.54. The zero-order chi connectivity index (χ0) is 15.3. The summed E-state index contributed by atoms with van der Waals surface area (Å²) in [7, 11) is 0. The van der Waals surface area contributed by atoms with Gasteiger partial charge in [-0.05, 0) is 31.0 Å². The van der Waals surface area contributed by atoms with E-state index in [1.807, 2.05) is 0 Å². The van der Waals surface area contributed by atoms with E-state index in [1.54, 1.807) is 0 Å². The lowest BCUT2D eigenvalue weighted by Gasteiger charge is -2.23. The molecule has 20 heavy (non-hydrogen) atoms. The van der Waals surface area contributed by atoms with Crippen LogP contribution >= 0.6 is 0 Å². The number of carbonyl (C=O) groups excluding carboxylic acids is 1. The summed E-state index contributed by atoms with van der Waals surface area (Å²) in [5.41, 5.74) is -1.13. The minimum Gasteiger partial charge on any atom is -0.395 e. The van der Waals surface area contributed by atoms with Crippen LogP contribution in [0, 0.1) is 22.9 Å². The number of nitrogens with one attached hydrogen (secondary N) is 1. The van der Waals surface area contributed by atoms with E-state index in [9.17, 15) is 18.0 Å². The third kappa shape index (κ3) is 3.71. The van der Waals surface area contributed by atoms with Gasteiger partial charge in [0.25, 0.3) is 0 Å². The normalized spacial score (nSPS) is 11.5. The molecule has 1 aromatic carbocycles. The third-order valence-corrected chi connectivity index (χ3v) is 2.99. The van der Waals surface area contributed by atoms with Crippen molar-refractivity contribution in [3.63, 3.8) is 0 Å². The van der Waals surface area contributed by atoms with Crippen LogP contribution in [0.2, 0.25) is 0 Å². The number of rotatable bonds is 6. The van der Waals surface area contributed by atoms with E-state index in [0.29, 0.717) is 0 Å². The van der Waals surface area contributed by atoms with Crippen LogP contribution in [-0.2, 0) is 11.2 Å². The average Bonchev–Trinajstić information content (AvgIpc) is 2.43. The highest BCUT2D eigenvalue weighted by Crippen LogP contribution is 2.15. The Hall–Kier alpha value is -1.60. The summed E-state index contributed by atoms with van der Waals surface area (Å²) < 4.78 is 38.6. The van der Waals surface area contributed by atoms with E-state index in [0.717, 1.165) is 12.1 Å². The minimum absolute atomic E-state index is 0.0406. The van der Waals surface area contributed by atoms with Gasteiger partial charge in [0.2, 0.25) is 5.91 Å². The van der Waals surface area contributed by atoms with Crippen molar-refractivity contribution in [3.05, 3.63) is 35.1 Å². The molecule has 0 fully saturated rings. The van der Waals surface area contributed by atoms with Gasteiger partial charge < -0.3 is 15.5 Å². The Bertz CT molecular complexity index is 467. The number of aliphatic hydroxyl groups excluding tert-OH is 2. The third-order valence-electron chi connectivity index (χ3n) is 2.99. The number of benzene rings is 1. The van der Waals surface area contributed by atoms with Crippen molar-refractivity contribution in [1.82, 2.24) is 5.32 Å². The van der Waals surface area contributed by atoms with E-state index < -0.39 is 42.0 Å². The van der Waals surface area contributed by atoms with Crippen LogP contribution in [0.25, 0.3) is 0 Å². The maximum absolute atomic E-state index is 13.0. The van der Waals surface area contributed by atoms with Crippen molar-refractivity contribution >= 4 is 5.91 Å². The van der Waals surface area contributed by atoms with Gasteiger partial charge in [0, 0.05) is 6.54 Å². The van der Waals surface area contributed by atoms with Crippen LogP contribution in [0.15, 0.2) is 12.1 Å². The number of carbonyl (C=O) groups is 1. The van der Waals surface area contributed by atoms with Gasteiger partial charge in [-0.15, -0.1) is 0 Å². The standard InChI is InChI=1S/C13H16F3NO3/c1-13(6-18,7-19)12(20)17-3-2-8-4-9(14)11(16)10(15)5-8/h4-5,18-19H,2-3,6-7H2,1H3,(H,17,20). The zero-order valence-electron chi connectivity index (χ0n) is 10.9. The van der Waals surface area contributed by atoms with Crippen LogP contribution in [-0.4, -0.2) is 35.9 Å². The monoisotopic (exact) mass is 291 g/mol. The first-order valence-corrected chi connectivity index (χ1v) is 5.97. The lowest BCUT2D eigenvalue weighted by atomic mass is 9.92. The molecule has 0 bridgehead atoms. The van der Waals surface area contributed by atoms with Crippen molar-refractivity contribution in [1.29, 1.82) is 0 Å². The quantitative estimate of drug-likeness (QED) is 0.678. The molecule has 0 aliphatic carbocycles. The van der Waals surface area contributed by atoms with Crippen LogP contribution < -0.4 is 5.32 Å². The highest BCUT2D eigenvalue weighted by molar-refractivity contribution is 5.82. The fraction of sp³-hybridized carbons (Fsp3) is 0.462. The number of halogens is 3. The van der Waals surface area contributed by atoms with Crippen molar-refractivity contribution in [3.8, 4) is 0 Å². The zero-order valence-corrected chi connectivity index (χ0v) is 10.9. The Morgan fingerprint density at radius 2 is 1.70 bits per heavy atom. The summed E-state index contributed by atoms with van der Waals surface area (Å²) in [6.07, 6.45) is 0.0901. The number of hydrogen-bond donors (Lipinski definition) is 3. The molecule has 4 nitrogen and oxygen atoms in total. The molecule has 3 N–H and O–H groups in total. The predicted molar refractivity (Wildman–Crippen MR) is 65.3 cm³/mol. The van der Waals surface area contributed by atoms with E-state index in [2.05, 4.69) is 5.32 Å². The van der Waals surface area contributed by atoms with Gasteiger partial charge in [0.15, 0.2) is 17.5 Å². The van der Waals surface area contributed by atoms with Gasteiger partial charge in [0.05, 0.1) is 18.6 Å². The Balaban J connectivity index is 2.59. The summed E-state index contributed by atoms with van der Waals surface area (Å²) in [4.78, 5) is 11.7. The molecular formula is C13H16F3NO3. The second-order valence-corrected chi connectivity index (χ2v) is 4.76. The van der Waals surface area contributed by atoms with Crippen molar-refractivity contribution in [2.75, 3.05) is 19.8 Å². The molecule has 1 amide bonds. The first-order valence-electron chi connectivity index (χ1n) is 5.97. The van der Waals surface area contributed by atoms with Gasteiger partial charge >= 0.3 is 0 Å². The number of amides is 1. The maximum Gasteiger partial charge on any atom is 0.230 e. The van der Waals surface area contributed by atoms with E-state index >= 15 is 0 Å². The molecule has 0 spiro atoms. The van der Waals surface area contributed by atoms with Gasteiger partial charge in [-0.1, -0.05) is 0 Å². The SMILES string of the molecule is CC(CO)(CO)C(=O)NCCc1cc(F)c(F)c(F)c1. The molecule has 0 atom stereocenters. The molecule has 0 aliphatic rings. The van der Waals surface area contributed by atoms with Gasteiger partial charge in [0.1, 0.15) is 0 Å². The fourth-order valence-corrected chi connectivity index (χ4v) is 1.48. The van der Waals surface area contributed by atoms with Crippen molar-refractivity contribution < 1.29 is 28.2 Å². The first kappa shape index (κ1) is 16.5. The summed E-state index contributed by atoms with van der Waals surface area (Å²) >= 11 is 0. The summed E-state index contributed by atoms with van der Waals surface area (Å²) in [6, 6.07) is 1.70. The van der Waals surface area contributed by atoms with E-state index in [-0.39, 0.29) is 18.5 Å². The Labute approximate surface area is 114 Å². The Kier molecular flexibility index (Phi) is 5.52. The number of hydrogen-bond acceptors (Lipinski definition) is 3. The molecule has 7 heteroatoms. The van der Waals surface area contributed by atoms with Gasteiger partial charge in [-0.25, -0.2) is 13.2 Å². The molecule has 0 heterocycles.